The molecule has 0 saturated heterocycles. The van der Waals surface area contributed by atoms with E-state index in [1.807, 2.05) is 0 Å². The number of hydrogen-bond donors (Lipinski definition) is 3. The van der Waals surface area contributed by atoms with Crippen molar-refractivity contribution in [1.29, 1.82) is 0 Å². The molecule has 8 nitrogen and oxygen atoms in total. The van der Waals surface area contributed by atoms with E-state index in [0.717, 1.165) is 62.8 Å². The van der Waals surface area contributed by atoms with Gasteiger partial charge >= 0.3 is 5.97 Å². The molecule has 1 fully saturated rings. The van der Waals surface area contributed by atoms with Crippen LogP contribution in [-0.2, 0) is 22.4 Å². The van der Waals surface area contributed by atoms with Crippen LogP contribution in [0.1, 0.15) is 53.7 Å². The molecule has 0 aromatic carbocycles. The van der Waals surface area contributed by atoms with Crippen LogP contribution in [0.2, 0.25) is 5.02 Å². The number of carbonyl (C=O) groups excluding carboxylic acids is 1. The Morgan fingerprint density at radius 2 is 2.17 bits per heavy atom. The van der Waals surface area contributed by atoms with Gasteiger partial charge in [-0.25, -0.2) is 14.8 Å². The minimum Gasteiger partial charge on any atom is -0.480 e. The van der Waals surface area contributed by atoms with E-state index in [2.05, 4.69) is 43.7 Å². The Labute approximate surface area is 216 Å². The number of aliphatic carboxylic acids is 1. The van der Waals surface area contributed by atoms with E-state index in [9.17, 15) is 19.1 Å². The summed E-state index contributed by atoms with van der Waals surface area (Å²) in [7, 11) is 0. The Morgan fingerprint density at radius 1 is 1.37 bits per heavy atom. The van der Waals surface area contributed by atoms with Crippen LogP contribution in [0.4, 0.5) is 10.2 Å². The average Bonchev–Trinajstić information content (AvgIpc) is 2.81. The molecule has 11 heteroatoms. The van der Waals surface area contributed by atoms with Crippen LogP contribution in [0.5, 0.6) is 0 Å². The van der Waals surface area contributed by atoms with E-state index in [1.165, 1.54) is 5.56 Å². The summed E-state index contributed by atoms with van der Waals surface area (Å²) in [5, 5.41) is 15.1. The third kappa shape index (κ3) is 6.48. The van der Waals surface area contributed by atoms with E-state index in [4.69, 9.17) is 21.3 Å². The number of anilines is 1. The van der Waals surface area contributed by atoms with Gasteiger partial charge in [0, 0.05) is 31.5 Å². The third-order valence-corrected chi connectivity index (χ3v) is 7.48. The van der Waals surface area contributed by atoms with Crippen molar-refractivity contribution in [2.75, 3.05) is 18.5 Å². The zero-order valence-corrected chi connectivity index (χ0v) is 21.4. The number of amides is 1. The first-order valence-electron chi connectivity index (χ1n) is 11.7. The number of halogens is 3. The summed E-state index contributed by atoms with van der Waals surface area (Å²) >= 11 is 8.88. The number of carbonyl (C=O) groups is 2. The van der Waals surface area contributed by atoms with Crippen molar-refractivity contribution >= 4 is 45.2 Å². The van der Waals surface area contributed by atoms with Gasteiger partial charge in [-0.3, -0.25) is 4.79 Å². The topological polar surface area (TPSA) is 113 Å². The lowest BCUT2D eigenvalue weighted by Crippen LogP contribution is -2.42. The number of rotatable bonds is 10. The highest BCUT2D eigenvalue weighted by Crippen LogP contribution is 2.34. The molecular weight excluding hydrogens is 543 g/mol. The molecule has 1 amide bonds. The SMILES string of the molecule is O=C(N[C@@H](CCO[C@H]1C[C@@H](CCc2ccc3c(n2)NCCC3)C1)C(=O)O)c1c(Cl)cnc(F)c1Br. The first-order valence-corrected chi connectivity index (χ1v) is 12.9. The van der Waals surface area contributed by atoms with Crippen LogP contribution >= 0.6 is 27.5 Å². The minimum absolute atomic E-state index is 0.0804. The highest BCUT2D eigenvalue weighted by molar-refractivity contribution is 9.10. The average molecular weight is 570 g/mol. The summed E-state index contributed by atoms with van der Waals surface area (Å²) in [5.74, 6) is -1.34. The molecule has 1 aliphatic heterocycles. The Balaban J connectivity index is 1.18. The Hall–Kier alpha value is -2.30. The number of hydrogen-bond acceptors (Lipinski definition) is 6. The fourth-order valence-corrected chi connectivity index (χ4v) is 5.24. The van der Waals surface area contributed by atoms with Gasteiger partial charge in [0.15, 0.2) is 0 Å². The molecule has 1 saturated carbocycles. The fraction of sp³-hybridized carbons (Fsp3) is 0.500. The lowest BCUT2D eigenvalue weighted by Gasteiger charge is -2.35. The maximum atomic E-state index is 13.7. The monoisotopic (exact) mass is 568 g/mol. The molecule has 2 aromatic heterocycles. The van der Waals surface area contributed by atoms with Gasteiger partial charge in [-0.1, -0.05) is 17.7 Å². The van der Waals surface area contributed by atoms with Gasteiger partial charge in [0.2, 0.25) is 5.95 Å². The zero-order chi connectivity index (χ0) is 24.9. The van der Waals surface area contributed by atoms with Crippen molar-refractivity contribution in [2.45, 2.75) is 57.1 Å². The molecule has 0 radical (unpaired) electrons. The number of nitrogens with zero attached hydrogens (tertiary/aromatic N) is 2. The maximum absolute atomic E-state index is 13.7. The van der Waals surface area contributed by atoms with Crippen LogP contribution < -0.4 is 10.6 Å². The number of aryl methyl sites for hydroxylation is 2. The smallest absolute Gasteiger partial charge is 0.326 e. The van der Waals surface area contributed by atoms with E-state index in [0.29, 0.717) is 5.92 Å². The van der Waals surface area contributed by atoms with Gasteiger partial charge in [0.05, 0.1) is 21.2 Å². The molecule has 1 atom stereocenters. The summed E-state index contributed by atoms with van der Waals surface area (Å²) in [6.45, 7) is 1.16. The van der Waals surface area contributed by atoms with E-state index < -0.39 is 23.9 Å². The molecule has 4 rings (SSSR count). The van der Waals surface area contributed by atoms with Crippen molar-refractivity contribution in [3.63, 3.8) is 0 Å². The van der Waals surface area contributed by atoms with Crippen molar-refractivity contribution in [1.82, 2.24) is 15.3 Å². The lowest BCUT2D eigenvalue weighted by atomic mass is 9.79. The number of aromatic nitrogens is 2. The predicted octanol–water partition coefficient (Wildman–Crippen LogP) is 4.39. The molecule has 2 aliphatic rings. The summed E-state index contributed by atoms with van der Waals surface area (Å²) in [5.41, 5.74) is 2.19. The molecule has 0 unspecified atom stereocenters. The molecule has 3 heterocycles. The number of carboxylic acid groups (broad SMARTS) is 1. The second-order valence-corrected chi connectivity index (χ2v) is 10.1. The van der Waals surface area contributed by atoms with Gasteiger partial charge in [-0.2, -0.15) is 4.39 Å². The normalized spacial score (nSPS) is 19.7. The van der Waals surface area contributed by atoms with Crippen molar-refractivity contribution < 1.29 is 23.8 Å². The van der Waals surface area contributed by atoms with Crippen molar-refractivity contribution in [3.05, 3.63) is 50.6 Å². The quantitative estimate of drug-likeness (QED) is 0.364. The van der Waals surface area contributed by atoms with Crippen LogP contribution in [-0.4, -0.2) is 52.2 Å². The van der Waals surface area contributed by atoms with Crippen LogP contribution in [0.25, 0.3) is 0 Å². The molecule has 0 bridgehead atoms. The van der Waals surface area contributed by atoms with Crippen molar-refractivity contribution in [2.24, 2.45) is 5.92 Å². The van der Waals surface area contributed by atoms with Gasteiger partial charge in [-0.15, -0.1) is 0 Å². The van der Waals surface area contributed by atoms with Crippen LogP contribution in [0.15, 0.2) is 22.8 Å². The van der Waals surface area contributed by atoms with Crippen molar-refractivity contribution in [3.8, 4) is 0 Å². The largest absolute Gasteiger partial charge is 0.480 e. The molecule has 35 heavy (non-hydrogen) atoms. The summed E-state index contributed by atoms with van der Waals surface area (Å²) in [6, 6.07) is 3.10. The molecule has 2 aromatic rings. The standard InChI is InChI=1S/C24H27BrClFN4O4/c25-20-19(17(26)12-29-21(20)27)23(32)31-18(24(33)34)7-9-35-16-10-13(11-16)3-5-15-6-4-14-2-1-8-28-22(14)30-15/h4,6,12-13,16,18H,1-3,5,7-11H2,(H,28,30)(H,31,32)(H,33,34)/t13-,16+,18-/m0/s1. The van der Waals surface area contributed by atoms with Gasteiger partial charge in [-0.05, 0) is 72.0 Å². The number of carboxylic acids is 1. The summed E-state index contributed by atoms with van der Waals surface area (Å²) in [6.07, 6.45) is 7.20. The maximum Gasteiger partial charge on any atom is 0.326 e. The van der Waals surface area contributed by atoms with E-state index >= 15 is 0 Å². The molecule has 188 valence electrons. The Morgan fingerprint density at radius 3 is 2.94 bits per heavy atom. The number of pyridine rings is 2. The van der Waals surface area contributed by atoms with Gasteiger partial charge in [0.25, 0.3) is 5.91 Å². The Kier molecular flexibility index (Phi) is 8.56. The molecule has 3 N–H and O–H groups in total. The lowest BCUT2D eigenvalue weighted by molar-refractivity contribution is -0.140. The zero-order valence-electron chi connectivity index (χ0n) is 19.0. The number of ether oxygens (including phenoxy) is 1. The summed E-state index contributed by atoms with van der Waals surface area (Å²) < 4.78 is 19.3. The molecule has 0 spiro atoms. The second kappa shape index (κ2) is 11.6. The third-order valence-electron chi connectivity index (χ3n) is 6.47. The predicted molar refractivity (Wildman–Crippen MR) is 132 cm³/mol. The van der Waals surface area contributed by atoms with Crippen LogP contribution in [0, 0.1) is 11.9 Å². The van der Waals surface area contributed by atoms with Gasteiger partial charge < -0.3 is 20.5 Å². The number of nitrogens with one attached hydrogen (secondary N) is 2. The second-order valence-electron chi connectivity index (χ2n) is 8.95. The minimum atomic E-state index is -1.21. The summed E-state index contributed by atoms with van der Waals surface area (Å²) in [4.78, 5) is 32.3. The molecule has 1 aliphatic carbocycles. The van der Waals surface area contributed by atoms with Crippen LogP contribution in [0.3, 0.4) is 0 Å². The number of fused-ring (bicyclic) bond motifs is 1. The first kappa shape index (κ1) is 25.8. The Bertz CT molecular complexity index is 1100. The molecular formula is C24H27BrClFN4O4. The van der Waals surface area contributed by atoms with E-state index in [-0.39, 0.29) is 34.2 Å². The fourth-order valence-electron chi connectivity index (χ4n) is 4.40. The highest BCUT2D eigenvalue weighted by Gasteiger charge is 2.31. The van der Waals surface area contributed by atoms with Gasteiger partial charge in [0.1, 0.15) is 11.9 Å². The first-order chi connectivity index (χ1) is 16.8. The highest BCUT2D eigenvalue weighted by atomic mass is 79.9. The van der Waals surface area contributed by atoms with E-state index in [1.54, 1.807) is 0 Å².